The Labute approximate surface area is 145 Å². The topological polar surface area (TPSA) is 97.6 Å². The van der Waals surface area contributed by atoms with Crippen LogP contribution in [-0.2, 0) is 6.67 Å². The van der Waals surface area contributed by atoms with Gasteiger partial charge in [0.05, 0.1) is 18.8 Å². The monoisotopic (exact) mass is 342 g/mol. The highest BCUT2D eigenvalue weighted by Crippen LogP contribution is 2.10. The van der Waals surface area contributed by atoms with E-state index in [4.69, 9.17) is 27.2 Å². The van der Waals surface area contributed by atoms with Gasteiger partial charge in [0.15, 0.2) is 0 Å². The van der Waals surface area contributed by atoms with Crippen molar-refractivity contribution in [2.75, 3.05) is 13.1 Å². The van der Waals surface area contributed by atoms with Crippen molar-refractivity contribution in [2.24, 2.45) is 0 Å². The number of aromatic amines is 1. The Morgan fingerprint density at radius 2 is 2.00 bits per heavy atom. The van der Waals surface area contributed by atoms with Crippen LogP contribution in [0.15, 0.2) is 16.5 Å². The largest absolute Gasteiger partial charge is 0.462 e. The molecule has 0 aliphatic carbocycles. The highest BCUT2D eigenvalue weighted by atomic mass is 32.1. The molecule has 0 radical (unpaired) electrons. The third kappa shape index (κ3) is 5.20. The van der Waals surface area contributed by atoms with E-state index < -0.39 is 0 Å². The first-order valence-electron chi connectivity index (χ1n) is 7.50. The number of rotatable bonds is 8. The van der Waals surface area contributed by atoms with Gasteiger partial charge in [-0.3, -0.25) is 10.00 Å². The smallest absolute Gasteiger partial charge is 0.217 e. The molecule has 0 aliphatic rings. The molecule has 2 heterocycles. The fourth-order valence-electron chi connectivity index (χ4n) is 2.12. The molecule has 0 aromatic carbocycles. The molecule has 0 aliphatic heterocycles. The lowest BCUT2D eigenvalue weighted by Gasteiger charge is -2.19. The molecule has 0 saturated heterocycles. The van der Waals surface area contributed by atoms with Crippen molar-refractivity contribution >= 4 is 24.4 Å². The second-order valence-corrected chi connectivity index (χ2v) is 5.54. The number of nitrogens with zero attached hydrogens (tertiary/aromatic N) is 5. The predicted molar refractivity (Wildman–Crippen MR) is 91.8 cm³/mol. The van der Waals surface area contributed by atoms with Crippen molar-refractivity contribution in [2.45, 2.75) is 26.4 Å². The third-order valence-electron chi connectivity index (χ3n) is 3.28. The molecule has 2 rings (SSSR count). The second kappa shape index (κ2) is 8.82. The molecule has 0 spiro atoms. The number of aryl methyl sites for hydroxylation is 1. The predicted octanol–water partition coefficient (Wildman–Crippen LogP) is 3.10. The zero-order valence-electron chi connectivity index (χ0n) is 13.4. The summed E-state index contributed by atoms with van der Waals surface area (Å²) < 4.78 is 7.60. The summed E-state index contributed by atoms with van der Waals surface area (Å²) in [6.45, 7) is 3.51. The average molecular weight is 342 g/mol. The van der Waals surface area contributed by atoms with Gasteiger partial charge >= 0.3 is 0 Å². The van der Waals surface area contributed by atoms with Gasteiger partial charge in [-0.05, 0) is 43.4 Å². The van der Waals surface area contributed by atoms with Gasteiger partial charge in [-0.2, -0.15) is 15.5 Å². The van der Waals surface area contributed by atoms with Crippen LogP contribution in [-0.4, -0.2) is 32.8 Å². The van der Waals surface area contributed by atoms with Gasteiger partial charge in [0.25, 0.3) is 0 Å². The lowest BCUT2D eigenvalue weighted by atomic mass is 10.3. The Balaban J connectivity index is 2.06. The summed E-state index contributed by atoms with van der Waals surface area (Å²) in [4.78, 5) is 6.27. The number of hydrogen-bond donors (Lipinski definition) is 1. The maximum atomic E-state index is 8.74. The Bertz CT molecular complexity index is 814. The minimum absolute atomic E-state index is 0.400. The van der Waals surface area contributed by atoms with Crippen LogP contribution in [0.5, 0.6) is 0 Å². The second-order valence-electron chi connectivity index (χ2n) is 5.18. The van der Waals surface area contributed by atoms with Crippen molar-refractivity contribution < 1.29 is 4.42 Å². The summed E-state index contributed by atoms with van der Waals surface area (Å²) in [6, 6.07) is 8.00. The summed E-state index contributed by atoms with van der Waals surface area (Å²) in [5.41, 5.74) is 0. The quantitative estimate of drug-likeness (QED) is 0.740. The van der Waals surface area contributed by atoms with Gasteiger partial charge in [0, 0.05) is 25.9 Å². The van der Waals surface area contributed by atoms with Crippen molar-refractivity contribution in [1.29, 1.82) is 10.5 Å². The summed E-state index contributed by atoms with van der Waals surface area (Å²) in [7, 11) is 0. The van der Waals surface area contributed by atoms with Gasteiger partial charge in [-0.15, -0.1) is 0 Å². The van der Waals surface area contributed by atoms with Crippen molar-refractivity contribution in [3.63, 3.8) is 0 Å². The minimum Gasteiger partial charge on any atom is -0.462 e. The first kappa shape index (κ1) is 17.7. The van der Waals surface area contributed by atoms with E-state index >= 15 is 0 Å². The van der Waals surface area contributed by atoms with E-state index in [-0.39, 0.29) is 0 Å². The average Bonchev–Trinajstić information content (AvgIpc) is 3.13. The third-order valence-corrected chi connectivity index (χ3v) is 3.60. The molecule has 0 amide bonds. The van der Waals surface area contributed by atoms with E-state index in [1.165, 1.54) is 0 Å². The van der Waals surface area contributed by atoms with E-state index in [9.17, 15) is 0 Å². The van der Waals surface area contributed by atoms with Crippen LogP contribution in [0.25, 0.3) is 12.2 Å². The molecule has 7 nitrogen and oxygen atoms in total. The molecule has 2 aromatic rings. The molecule has 0 unspecified atom stereocenters. The Morgan fingerprint density at radius 1 is 1.29 bits per heavy atom. The minimum atomic E-state index is 0.400. The van der Waals surface area contributed by atoms with Crippen LogP contribution in [0, 0.1) is 34.4 Å². The van der Waals surface area contributed by atoms with Gasteiger partial charge < -0.3 is 4.42 Å². The molecule has 24 heavy (non-hydrogen) atoms. The molecular formula is C16H18N6OS. The van der Waals surface area contributed by atoms with E-state index in [2.05, 4.69) is 22.2 Å². The number of H-pyrrole nitrogens is 1. The summed E-state index contributed by atoms with van der Waals surface area (Å²) in [5, 5.41) is 20.6. The Kier molecular flexibility index (Phi) is 6.50. The van der Waals surface area contributed by atoms with E-state index in [1.807, 2.05) is 30.0 Å². The van der Waals surface area contributed by atoms with Crippen LogP contribution < -0.4 is 0 Å². The van der Waals surface area contributed by atoms with Gasteiger partial charge in [-0.1, -0.05) is 0 Å². The van der Waals surface area contributed by atoms with Gasteiger partial charge in [0.2, 0.25) is 4.77 Å². The Hall–Kier alpha value is -2.68. The van der Waals surface area contributed by atoms with Gasteiger partial charge in [0.1, 0.15) is 17.3 Å². The molecule has 0 saturated carbocycles. The van der Waals surface area contributed by atoms with Crippen LogP contribution in [0.2, 0.25) is 0 Å². The number of nitriles is 2. The molecule has 0 bridgehead atoms. The van der Waals surface area contributed by atoms with Crippen LogP contribution >= 0.6 is 12.2 Å². The SMILES string of the molecule is Cc1ccc(C=Cc2nc(=S)n(CN(CCC#N)CCC#N)[nH]2)o1. The lowest BCUT2D eigenvalue weighted by molar-refractivity contribution is 0.214. The summed E-state index contributed by atoms with van der Waals surface area (Å²) in [6.07, 6.45) is 4.41. The van der Waals surface area contributed by atoms with E-state index in [0.29, 0.717) is 43.2 Å². The van der Waals surface area contributed by atoms with Crippen molar-refractivity contribution in [3.05, 3.63) is 34.2 Å². The lowest BCUT2D eigenvalue weighted by Crippen LogP contribution is -2.29. The maximum Gasteiger partial charge on any atom is 0.217 e. The highest BCUT2D eigenvalue weighted by molar-refractivity contribution is 7.71. The maximum absolute atomic E-state index is 8.74. The fraction of sp³-hybridized carbons (Fsp3) is 0.375. The molecule has 8 heteroatoms. The normalized spacial score (nSPS) is 11.0. The van der Waals surface area contributed by atoms with E-state index in [1.54, 1.807) is 10.8 Å². The highest BCUT2D eigenvalue weighted by Gasteiger charge is 2.08. The molecular weight excluding hydrogens is 324 g/mol. The van der Waals surface area contributed by atoms with Crippen LogP contribution in [0.4, 0.5) is 0 Å². The number of hydrogen-bond acceptors (Lipinski definition) is 6. The Morgan fingerprint density at radius 3 is 2.58 bits per heavy atom. The van der Waals surface area contributed by atoms with E-state index in [0.717, 1.165) is 11.5 Å². The van der Waals surface area contributed by atoms with Crippen LogP contribution in [0.1, 0.15) is 30.2 Å². The zero-order chi connectivity index (χ0) is 17.4. The first-order chi connectivity index (χ1) is 11.6. The molecule has 2 aromatic heterocycles. The van der Waals surface area contributed by atoms with Crippen molar-refractivity contribution in [3.8, 4) is 12.1 Å². The summed E-state index contributed by atoms with van der Waals surface area (Å²) in [5.74, 6) is 2.21. The molecule has 124 valence electrons. The van der Waals surface area contributed by atoms with Gasteiger partial charge in [-0.25, -0.2) is 4.68 Å². The molecule has 0 atom stereocenters. The van der Waals surface area contributed by atoms with Crippen molar-refractivity contribution in [1.82, 2.24) is 19.7 Å². The number of aromatic nitrogens is 3. The standard InChI is InChI=1S/C16H18N6OS/c1-13-4-5-14(23-13)6-7-15-19-16(24)22(20-15)12-21(10-2-8-17)11-3-9-18/h4-7H,2-3,10-12H2,1H3,(H,19,20,24). The first-order valence-corrected chi connectivity index (χ1v) is 7.91. The fourth-order valence-corrected chi connectivity index (χ4v) is 2.32. The summed E-state index contributed by atoms with van der Waals surface area (Å²) >= 11 is 5.26. The molecule has 0 fully saturated rings. The van der Waals surface area contributed by atoms with Crippen LogP contribution in [0.3, 0.4) is 0 Å². The number of furan rings is 1. The number of nitrogens with one attached hydrogen (secondary N) is 1. The molecule has 1 N–H and O–H groups in total. The zero-order valence-corrected chi connectivity index (χ0v) is 14.2.